The van der Waals surface area contributed by atoms with E-state index in [0.29, 0.717) is 12.8 Å². The minimum atomic E-state index is -1.11. The van der Waals surface area contributed by atoms with E-state index in [9.17, 15) is 9.59 Å². The van der Waals surface area contributed by atoms with Crippen LogP contribution in [0.5, 0.6) is 0 Å². The summed E-state index contributed by atoms with van der Waals surface area (Å²) in [4.78, 5) is 26.4. The third-order valence-electron chi connectivity index (χ3n) is 5.99. The van der Waals surface area contributed by atoms with E-state index in [-0.39, 0.29) is 10.6 Å². The number of benzene rings is 1. The van der Waals surface area contributed by atoms with E-state index in [0.717, 1.165) is 11.1 Å². The molecule has 117 valence electrons. The Labute approximate surface area is 139 Å². The molecule has 0 amide bonds. The number of rotatable bonds is 1. The van der Waals surface area contributed by atoms with Gasteiger partial charge >= 0.3 is 139 Å². The summed E-state index contributed by atoms with van der Waals surface area (Å²) < 4.78 is 5.11. The van der Waals surface area contributed by atoms with Gasteiger partial charge in [0.1, 0.15) is 0 Å². The summed E-state index contributed by atoms with van der Waals surface area (Å²) in [7, 11) is 1.38. The fourth-order valence-electron chi connectivity index (χ4n) is 4.40. The maximum atomic E-state index is 13.5. The monoisotopic (exact) mass is 365 g/mol. The van der Waals surface area contributed by atoms with Gasteiger partial charge in [-0.1, -0.05) is 0 Å². The van der Waals surface area contributed by atoms with Crippen molar-refractivity contribution in [2.75, 3.05) is 7.11 Å². The summed E-state index contributed by atoms with van der Waals surface area (Å²) in [6, 6.07) is 8.00. The first-order valence-corrected chi connectivity index (χ1v) is 8.58. The van der Waals surface area contributed by atoms with Gasteiger partial charge in [0.25, 0.3) is 0 Å². The quantitative estimate of drug-likeness (QED) is 0.437. The molecule has 2 aliphatic carbocycles. The predicted octanol–water partition coefficient (Wildman–Crippen LogP) is 2.62. The number of fused-ring (bicyclic) bond motifs is 4. The summed E-state index contributed by atoms with van der Waals surface area (Å²) in [6.45, 7) is 6.00. The van der Waals surface area contributed by atoms with Crippen LogP contribution in [0.1, 0.15) is 38.3 Å². The van der Waals surface area contributed by atoms with E-state index < -0.39 is 22.2 Å². The molecule has 1 radical (unpaired) electrons. The molecule has 2 bridgehead atoms. The first-order chi connectivity index (χ1) is 10.2. The number of carbonyl (C=O) groups is 2. The van der Waals surface area contributed by atoms with Crippen LogP contribution in [0, 0.1) is 10.8 Å². The molecule has 3 nitrogen and oxygen atoms in total. The molecule has 4 heteroatoms. The fraction of sp³-hybridized carbons (Fsp3) is 0.556. The summed E-state index contributed by atoms with van der Waals surface area (Å²) >= 11 is 3.22. The summed E-state index contributed by atoms with van der Waals surface area (Å²) in [5, 5.41) is 0. The van der Waals surface area contributed by atoms with Crippen molar-refractivity contribution in [2.24, 2.45) is 10.8 Å². The second kappa shape index (κ2) is 4.69. The van der Waals surface area contributed by atoms with Crippen LogP contribution in [0.2, 0.25) is 4.82 Å². The summed E-state index contributed by atoms with van der Waals surface area (Å²) in [6.07, 6.45) is 1.14. The van der Waals surface area contributed by atoms with Gasteiger partial charge in [0.2, 0.25) is 0 Å². The summed E-state index contributed by atoms with van der Waals surface area (Å²) in [5.41, 5.74) is -0.0669. The van der Waals surface area contributed by atoms with Gasteiger partial charge in [-0.3, -0.25) is 0 Å². The number of ether oxygens (including phenoxy) is 1. The first-order valence-electron chi connectivity index (χ1n) is 7.59. The van der Waals surface area contributed by atoms with Gasteiger partial charge < -0.3 is 0 Å². The molecule has 22 heavy (non-hydrogen) atoms. The molecule has 0 spiro atoms. The van der Waals surface area contributed by atoms with Crippen LogP contribution in [0.25, 0.3) is 0 Å². The zero-order chi connectivity index (χ0) is 16.3. The Hall–Kier alpha value is -1.12. The Morgan fingerprint density at radius 2 is 1.91 bits per heavy atom. The average molecular weight is 364 g/mol. The molecular formula is C18H21O3Se. The molecule has 0 N–H and O–H groups in total. The number of methoxy groups -OCH3 is 1. The van der Waals surface area contributed by atoms with Gasteiger partial charge in [0.05, 0.1) is 0 Å². The molecule has 0 aliphatic heterocycles. The van der Waals surface area contributed by atoms with Crippen molar-refractivity contribution in [1.29, 1.82) is 0 Å². The van der Waals surface area contributed by atoms with Gasteiger partial charge in [-0.05, 0) is 0 Å². The third kappa shape index (κ3) is 1.63. The van der Waals surface area contributed by atoms with Gasteiger partial charge in [-0.15, -0.1) is 0 Å². The van der Waals surface area contributed by atoms with Gasteiger partial charge in [0.15, 0.2) is 0 Å². The average Bonchev–Trinajstić information content (AvgIpc) is 2.49. The summed E-state index contributed by atoms with van der Waals surface area (Å²) in [5.74, 6) is -0.384. The zero-order valence-corrected chi connectivity index (χ0v) is 15.1. The van der Waals surface area contributed by atoms with Crippen LogP contribution in [0.15, 0.2) is 24.3 Å². The van der Waals surface area contributed by atoms with Crippen molar-refractivity contribution in [3.05, 3.63) is 35.4 Å². The second-order valence-corrected chi connectivity index (χ2v) is 8.50. The molecule has 1 saturated carbocycles. The van der Waals surface area contributed by atoms with Crippen LogP contribution in [0.4, 0.5) is 0 Å². The van der Waals surface area contributed by atoms with Crippen molar-refractivity contribution in [3.8, 4) is 0 Å². The number of esters is 1. The predicted molar refractivity (Wildman–Crippen MR) is 84.9 cm³/mol. The topological polar surface area (TPSA) is 43.4 Å². The molecule has 3 atom stereocenters. The molecule has 1 aromatic carbocycles. The van der Waals surface area contributed by atoms with E-state index in [1.807, 2.05) is 45.0 Å². The van der Waals surface area contributed by atoms with Gasteiger partial charge in [-0.2, -0.15) is 0 Å². The van der Waals surface area contributed by atoms with Crippen molar-refractivity contribution < 1.29 is 14.3 Å². The molecule has 3 rings (SSSR count). The third-order valence-corrected chi connectivity index (χ3v) is 7.57. The number of ketones is 1. The SMILES string of the molecule is COC(=O)C12Cc3ccccc3C(C)(CC([Se])C1(C)C)C2=O. The Bertz CT molecular complexity index is 666. The second-order valence-electron chi connectivity index (χ2n) is 7.31. The molecule has 3 unspecified atom stereocenters. The normalized spacial score (nSPS) is 35.7. The molecular weight excluding hydrogens is 343 g/mol. The molecule has 0 saturated heterocycles. The molecule has 1 aromatic rings. The Morgan fingerprint density at radius 1 is 1.27 bits per heavy atom. The van der Waals surface area contributed by atoms with E-state index in [4.69, 9.17) is 4.74 Å². The van der Waals surface area contributed by atoms with Crippen LogP contribution in [0.3, 0.4) is 0 Å². The first kappa shape index (κ1) is 15.8. The van der Waals surface area contributed by atoms with Crippen molar-refractivity contribution in [3.63, 3.8) is 0 Å². The number of Topliss-reactive ketones (excluding diaryl/α,β-unsaturated/α-hetero) is 1. The van der Waals surface area contributed by atoms with Crippen LogP contribution < -0.4 is 0 Å². The van der Waals surface area contributed by atoms with Gasteiger partial charge in [0, 0.05) is 0 Å². The Balaban J connectivity index is 2.35. The van der Waals surface area contributed by atoms with Crippen LogP contribution in [-0.4, -0.2) is 34.9 Å². The van der Waals surface area contributed by atoms with E-state index in [2.05, 4.69) is 16.0 Å². The maximum absolute atomic E-state index is 13.5. The van der Waals surface area contributed by atoms with Crippen molar-refractivity contribution in [2.45, 2.75) is 43.8 Å². The van der Waals surface area contributed by atoms with Crippen molar-refractivity contribution in [1.82, 2.24) is 0 Å². The molecule has 1 fully saturated rings. The van der Waals surface area contributed by atoms with Crippen LogP contribution in [-0.2, 0) is 26.2 Å². The Morgan fingerprint density at radius 3 is 2.55 bits per heavy atom. The van der Waals surface area contributed by atoms with E-state index in [1.54, 1.807) is 0 Å². The van der Waals surface area contributed by atoms with Crippen LogP contribution >= 0.6 is 0 Å². The molecule has 2 aliphatic rings. The zero-order valence-electron chi connectivity index (χ0n) is 13.4. The number of hydrogen-bond acceptors (Lipinski definition) is 3. The van der Waals surface area contributed by atoms with E-state index >= 15 is 0 Å². The standard InChI is InChI=1S/C18H21O3Se/c1-16(2)13(22)10-17(3)12-8-6-5-7-11(12)9-18(16,14(17)19)15(20)21-4/h5-8,13H,9-10H2,1-4H3. The van der Waals surface area contributed by atoms with Gasteiger partial charge in [-0.25, -0.2) is 0 Å². The Kier molecular flexibility index (Phi) is 3.36. The number of hydrogen-bond donors (Lipinski definition) is 0. The molecule has 0 aromatic heterocycles. The van der Waals surface area contributed by atoms with E-state index in [1.165, 1.54) is 7.11 Å². The van der Waals surface area contributed by atoms with Crippen molar-refractivity contribution >= 4 is 27.8 Å². The number of carbonyl (C=O) groups excluding carboxylic acids is 2. The fourth-order valence-corrected chi connectivity index (χ4v) is 5.52. The minimum absolute atomic E-state index is 0.0158. The molecule has 0 heterocycles.